The van der Waals surface area contributed by atoms with Gasteiger partial charge in [-0.1, -0.05) is 24.6 Å². The van der Waals surface area contributed by atoms with E-state index in [-0.39, 0.29) is 6.54 Å². The quantitative estimate of drug-likeness (QED) is 0.850. The van der Waals surface area contributed by atoms with Gasteiger partial charge in [-0.2, -0.15) is 0 Å². The van der Waals surface area contributed by atoms with Crippen molar-refractivity contribution in [3.8, 4) is 0 Å². The molecule has 21 heavy (non-hydrogen) atoms. The largest absolute Gasteiger partial charge is 0.480 e. The van der Waals surface area contributed by atoms with Crippen LogP contribution in [0.2, 0.25) is 0 Å². The van der Waals surface area contributed by atoms with Crippen LogP contribution in [0.15, 0.2) is 36.8 Å². The molecule has 5 heteroatoms. The second kappa shape index (κ2) is 6.92. The van der Waals surface area contributed by atoms with Crippen molar-refractivity contribution in [1.82, 2.24) is 9.55 Å². The molecule has 1 N–H and O–H groups in total. The van der Waals surface area contributed by atoms with Crippen LogP contribution in [0, 0.1) is 6.92 Å². The van der Waals surface area contributed by atoms with Gasteiger partial charge in [-0.05, 0) is 25.5 Å². The Hall–Kier alpha value is -2.30. The Kier molecular flexibility index (Phi) is 4.98. The molecule has 0 radical (unpaired) electrons. The Labute approximate surface area is 124 Å². The molecule has 0 fully saturated rings. The van der Waals surface area contributed by atoms with Crippen LogP contribution in [-0.4, -0.2) is 27.2 Å². The van der Waals surface area contributed by atoms with Crippen molar-refractivity contribution < 1.29 is 9.90 Å². The predicted octanol–water partition coefficient (Wildman–Crippen LogP) is 2.69. The van der Waals surface area contributed by atoms with Gasteiger partial charge in [-0.3, -0.25) is 4.79 Å². The molecule has 0 bridgehead atoms. The molecule has 0 saturated carbocycles. The zero-order valence-corrected chi connectivity index (χ0v) is 12.5. The van der Waals surface area contributed by atoms with Crippen LogP contribution < -0.4 is 4.90 Å². The van der Waals surface area contributed by atoms with Crippen molar-refractivity contribution in [3.05, 3.63) is 48.0 Å². The van der Waals surface area contributed by atoms with Gasteiger partial charge in [0.2, 0.25) is 0 Å². The highest BCUT2D eigenvalue weighted by atomic mass is 16.4. The molecule has 0 aliphatic carbocycles. The van der Waals surface area contributed by atoms with Crippen molar-refractivity contribution in [2.75, 3.05) is 11.4 Å². The zero-order valence-electron chi connectivity index (χ0n) is 12.5. The number of rotatable bonds is 7. The summed E-state index contributed by atoms with van der Waals surface area (Å²) in [5, 5.41) is 9.14. The van der Waals surface area contributed by atoms with Gasteiger partial charge in [0.15, 0.2) is 0 Å². The monoisotopic (exact) mass is 287 g/mol. The summed E-state index contributed by atoms with van der Waals surface area (Å²) >= 11 is 0. The predicted molar refractivity (Wildman–Crippen MR) is 82.4 cm³/mol. The van der Waals surface area contributed by atoms with Crippen LogP contribution in [0.5, 0.6) is 0 Å². The Balaban J connectivity index is 2.21. The fourth-order valence-electron chi connectivity index (χ4n) is 2.27. The van der Waals surface area contributed by atoms with E-state index in [1.165, 1.54) is 0 Å². The van der Waals surface area contributed by atoms with Gasteiger partial charge in [-0.25, -0.2) is 4.98 Å². The summed E-state index contributed by atoms with van der Waals surface area (Å²) in [5.41, 5.74) is 3.09. The van der Waals surface area contributed by atoms with Gasteiger partial charge in [-0.15, -0.1) is 0 Å². The van der Waals surface area contributed by atoms with Crippen LogP contribution in [0.3, 0.4) is 0 Å². The second-order valence-electron chi connectivity index (χ2n) is 5.16. The van der Waals surface area contributed by atoms with Gasteiger partial charge < -0.3 is 14.6 Å². The van der Waals surface area contributed by atoms with E-state index in [0.717, 1.165) is 29.9 Å². The Morgan fingerprint density at radius 2 is 2.05 bits per heavy atom. The highest BCUT2D eigenvalue weighted by molar-refractivity contribution is 5.73. The van der Waals surface area contributed by atoms with E-state index in [0.29, 0.717) is 6.54 Å². The smallest absolute Gasteiger partial charge is 0.323 e. The molecular formula is C16H21N3O2. The van der Waals surface area contributed by atoms with E-state index >= 15 is 0 Å². The normalized spacial score (nSPS) is 10.6. The van der Waals surface area contributed by atoms with Crippen molar-refractivity contribution in [3.63, 3.8) is 0 Å². The highest BCUT2D eigenvalue weighted by Gasteiger charge is 2.13. The number of aliphatic carboxylic acids is 1. The molecule has 1 aromatic heterocycles. The number of carboxylic acid groups (broad SMARTS) is 1. The zero-order chi connectivity index (χ0) is 15.2. The highest BCUT2D eigenvalue weighted by Crippen LogP contribution is 2.18. The average molecular weight is 287 g/mol. The number of benzene rings is 1. The summed E-state index contributed by atoms with van der Waals surface area (Å²) in [5.74, 6) is -0.836. The number of hydrogen-bond donors (Lipinski definition) is 1. The summed E-state index contributed by atoms with van der Waals surface area (Å²) in [7, 11) is 0. The van der Waals surface area contributed by atoms with Crippen molar-refractivity contribution in [2.24, 2.45) is 0 Å². The van der Waals surface area contributed by atoms with E-state index in [1.54, 1.807) is 12.5 Å². The molecule has 112 valence electrons. The maximum atomic E-state index is 11.1. The van der Waals surface area contributed by atoms with Gasteiger partial charge in [0.1, 0.15) is 6.54 Å². The third-order valence-corrected chi connectivity index (χ3v) is 3.34. The van der Waals surface area contributed by atoms with Crippen molar-refractivity contribution in [2.45, 2.75) is 33.4 Å². The summed E-state index contributed by atoms with van der Waals surface area (Å²) < 4.78 is 2.07. The first-order valence-electron chi connectivity index (χ1n) is 7.12. The number of carbonyl (C=O) groups is 1. The molecule has 0 aliphatic rings. The van der Waals surface area contributed by atoms with E-state index < -0.39 is 5.97 Å². The number of aryl methyl sites for hydroxylation is 2. The van der Waals surface area contributed by atoms with Gasteiger partial charge in [0.05, 0.1) is 18.6 Å². The van der Waals surface area contributed by atoms with Crippen molar-refractivity contribution in [1.29, 1.82) is 0 Å². The third kappa shape index (κ3) is 4.08. The number of aromatic nitrogens is 2. The number of nitrogens with zero attached hydrogens (tertiary/aromatic N) is 3. The maximum absolute atomic E-state index is 11.1. The Morgan fingerprint density at radius 1 is 1.33 bits per heavy atom. The molecule has 0 saturated heterocycles. The lowest BCUT2D eigenvalue weighted by Gasteiger charge is -2.23. The lowest BCUT2D eigenvalue weighted by Crippen LogP contribution is -2.30. The molecule has 2 rings (SSSR count). The molecule has 0 unspecified atom stereocenters. The average Bonchev–Trinajstić information content (AvgIpc) is 2.86. The van der Waals surface area contributed by atoms with Crippen LogP contribution in [0.1, 0.15) is 24.6 Å². The van der Waals surface area contributed by atoms with Crippen LogP contribution in [0.25, 0.3) is 0 Å². The number of anilines is 1. The van der Waals surface area contributed by atoms with Crippen LogP contribution in [-0.2, 0) is 17.9 Å². The van der Waals surface area contributed by atoms with E-state index in [4.69, 9.17) is 5.11 Å². The van der Waals surface area contributed by atoms with E-state index in [9.17, 15) is 4.79 Å². The van der Waals surface area contributed by atoms with Gasteiger partial charge in [0, 0.05) is 18.4 Å². The summed E-state index contributed by atoms with van der Waals surface area (Å²) in [6.07, 6.45) is 4.62. The summed E-state index contributed by atoms with van der Waals surface area (Å²) in [4.78, 5) is 17.1. The fourth-order valence-corrected chi connectivity index (χ4v) is 2.27. The summed E-state index contributed by atoms with van der Waals surface area (Å²) in [6.45, 7) is 5.53. The molecule has 5 nitrogen and oxygen atoms in total. The molecule has 0 amide bonds. The number of carboxylic acids is 1. The van der Waals surface area contributed by atoms with E-state index in [2.05, 4.69) is 16.5 Å². The minimum atomic E-state index is -0.836. The molecule has 2 aromatic rings. The Bertz CT molecular complexity index is 590. The standard InChI is InChI=1S/C16H21N3O2/c1-3-8-18-12-17-9-15(18)10-19(11-16(20)21)14-6-4-13(2)5-7-14/h4-7,9,12H,3,8,10-11H2,1-2H3,(H,20,21). The first kappa shape index (κ1) is 15.1. The molecule has 0 aliphatic heterocycles. The van der Waals surface area contributed by atoms with Gasteiger partial charge >= 0.3 is 5.97 Å². The fraction of sp³-hybridized carbons (Fsp3) is 0.375. The van der Waals surface area contributed by atoms with E-state index in [1.807, 2.05) is 36.1 Å². The number of hydrogen-bond acceptors (Lipinski definition) is 3. The lowest BCUT2D eigenvalue weighted by molar-refractivity contribution is -0.135. The minimum Gasteiger partial charge on any atom is -0.480 e. The Morgan fingerprint density at radius 3 is 2.67 bits per heavy atom. The van der Waals surface area contributed by atoms with Gasteiger partial charge in [0.25, 0.3) is 0 Å². The minimum absolute atomic E-state index is 0.0274. The lowest BCUT2D eigenvalue weighted by atomic mass is 10.2. The third-order valence-electron chi connectivity index (χ3n) is 3.34. The molecule has 0 atom stereocenters. The topological polar surface area (TPSA) is 58.4 Å². The molecule has 1 aromatic carbocycles. The summed E-state index contributed by atoms with van der Waals surface area (Å²) in [6, 6.07) is 7.90. The SMILES string of the molecule is CCCn1cncc1CN(CC(=O)O)c1ccc(C)cc1. The van der Waals surface area contributed by atoms with Crippen LogP contribution in [0.4, 0.5) is 5.69 Å². The molecule has 0 spiro atoms. The maximum Gasteiger partial charge on any atom is 0.323 e. The first-order valence-corrected chi connectivity index (χ1v) is 7.12. The number of imidazole rings is 1. The second-order valence-corrected chi connectivity index (χ2v) is 5.16. The first-order chi connectivity index (χ1) is 10.1. The molecule has 1 heterocycles. The van der Waals surface area contributed by atoms with Crippen molar-refractivity contribution >= 4 is 11.7 Å². The molecular weight excluding hydrogens is 266 g/mol. The van der Waals surface area contributed by atoms with Crippen LogP contribution >= 0.6 is 0 Å².